The van der Waals surface area contributed by atoms with E-state index < -0.39 is 105 Å². The highest BCUT2D eigenvalue weighted by molar-refractivity contribution is 9.10. The van der Waals surface area contributed by atoms with Crippen molar-refractivity contribution in [3.05, 3.63) is 192 Å². The molecule has 14 nitrogen and oxygen atoms in total. The second-order valence-corrected chi connectivity index (χ2v) is 16.3. The lowest BCUT2D eigenvalue weighted by Crippen LogP contribution is -2.04. The second kappa shape index (κ2) is 39.1. The molecule has 0 aliphatic heterocycles. The van der Waals surface area contributed by atoms with Crippen molar-refractivity contribution in [2.75, 3.05) is 35.5 Å². The maximum Gasteiger partial charge on any atom is 0.330 e. The highest BCUT2D eigenvalue weighted by Gasteiger charge is 2.15. The molecule has 0 aliphatic rings. The molecular weight excluding hydrogens is 1170 g/mol. The van der Waals surface area contributed by atoms with Gasteiger partial charge >= 0.3 is 29.8 Å². The van der Waals surface area contributed by atoms with Gasteiger partial charge in [-0.3, -0.25) is 28.8 Å². The van der Waals surface area contributed by atoms with Crippen molar-refractivity contribution < 1.29 is 111 Å². The third kappa shape index (κ3) is 26.9. The number of aliphatic hydroxyl groups excluding tert-OH is 1. The molecule has 5 rings (SSSR count). The number of esters is 5. The largest absolute Gasteiger partial charge is 0.469 e. The van der Waals surface area contributed by atoms with Gasteiger partial charge in [0.1, 0.15) is 58.2 Å². The third-order valence-electron chi connectivity index (χ3n) is 10.1. The number of aryl methyl sites for hydroxylation is 3. The fourth-order valence-electron chi connectivity index (χ4n) is 5.82. The Labute approximate surface area is 466 Å². The minimum Gasteiger partial charge on any atom is -0.469 e. The SMILES string of the molecule is C=CC(=O)OC.CCc1c(F)cc(CCC(=O)OC)cc1F.COC(=O)/C=C/c1cc(F)c(C=O)c(F)c1.COC(=O)CCc1cc(F)c(C=O)c(F)c1.COC(=O)CCc1cc(F)c(CO)c(F)c1.O=Cc1c(F)cc(Br)cc1F. The van der Waals surface area contributed by atoms with E-state index in [-0.39, 0.29) is 84.5 Å². The van der Waals surface area contributed by atoms with Crippen LogP contribution < -0.4 is 0 Å². The van der Waals surface area contributed by atoms with Crippen LogP contribution in [0.4, 0.5) is 43.9 Å². The van der Waals surface area contributed by atoms with Crippen LogP contribution in [0.15, 0.2) is 83.9 Å². The second-order valence-electron chi connectivity index (χ2n) is 15.4. The zero-order valence-corrected chi connectivity index (χ0v) is 45.6. The summed E-state index contributed by atoms with van der Waals surface area (Å²) in [6.45, 7) is 4.16. The lowest BCUT2D eigenvalue weighted by Gasteiger charge is -2.06. The number of carbonyl (C=O) groups is 8. The molecule has 0 aliphatic carbocycles. The van der Waals surface area contributed by atoms with Crippen LogP contribution in [0.3, 0.4) is 0 Å². The molecule has 0 saturated heterocycles. The molecule has 0 radical (unpaired) electrons. The summed E-state index contributed by atoms with van der Waals surface area (Å²) < 4.78 is 153. The van der Waals surface area contributed by atoms with Crippen LogP contribution in [-0.4, -0.2) is 89.4 Å². The highest BCUT2D eigenvalue weighted by Crippen LogP contribution is 2.21. The van der Waals surface area contributed by atoms with Gasteiger partial charge in [-0.1, -0.05) is 29.4 Å². The number of benzene rings is 5. The topological polar surface area (TPSA) is 203 Å². The number of methoxy groups -OCH3 is 5. The van der Waals surface area contributed by atoms with Crippen molar-refractivity contribution in [1.29, 1.82) is 0 Å². The Morgan fingerprint density at radius 1 is 0.469 bits per heavy atom. The molecule has 0 unspecified atom stereocenters. The van der Waals surface area contributed by atoms with E-state index in [9.17, 15) is 82.3 Å². The van der Waals surface area contributed by atoms with Crippen LogP contribution in [0, 0.1) is 58.2 Å². The van der Waals surface area contributed by atoms with Gasteiger partial charge in [0.2, 0.25) is 0 Å². The first kappa shape index (κ1) is 72.7. The number of carbonyl (C=O) groups excluding carboxylic acids is 8. The minimum absolute atomic E-state index is 0.0375. The van der Waals surface area contributed by atoms with Gasteiger partial charge in [-0.25, -0.2) is 53.5 Å². The predicted molar refractivity (Wildman–Crippen MR) is 275 cm³/mol. The molecule has 0 saturated carbocycles. The lowest BCUT2D eigenvalue weighted by atomic mass is 10.0. The summed E-state index contributed by atoms with van der Waals surface area (Å²) in [4.78, 5) is 83.8. The fraction of sp³-hybridized carbons (Fsp3) is 0.250. The van der Waals surface area contributed by atoms with Crippen molar-refractivity contribution in [3.63, 3.8) is 0 Å². The predicted octanol–water partition coefficient (Wildman–Crippen LogP) is 10.9. The van der Waals surface area contributed by atoms with Crippen LogP contribution in [-0.2, 0) is 79.9 Å². The highest BCUT2D eigenvalue weighted by atomic mass is 79.9. The van der Waals surface area contributed by atoms with E-state index in [1.165, 1.54) is 53.8 Å². The summed E-state index contributed by atoms with van der Waals surface area (Å²) in [5.74, 6) is -10.5. The van der Waals surface area contributed by atoms with Crippen molar-refractivity contribution in [1.82, 2.24) is 0 Å². The summed E-state index contributed by atoms with van der Waals surface area (Å²) in [6, 6.07) is 10.8. The van der Waals surface area contributed by atoms with Crippen molar-refractivity contribution in [2.45, 2.75) is 58.5 Å². The van der Waals surface area contributed by atoms with E-state index in [1.807, 2.05) is 0 Å². The van der Waals surface area contributed by atoms with E-state index in [0.29, 0.717) is 23.1 Å². The van der Waals surface area contributed by atoms with Crippen LogP contribution in [0.5, 0.6) is 0 Å². The maximum absolute atomic E-state index is 13.4. The number of ether oxygens (including phenoxy) is 5. The Hall–Kier alpha value is -8.32. The van der Waals surface area contributed by atoms with Crippen molar-refractivity contribution >= 4 is 70.7 Å². The zero-order valence-electron chi connectivity index (χ0n) is 44.0. The Morgan fingerprint density at radius 2 is 0.765 bits per heavy atom. The van der Waals surface area contributed by atoms with Crippen LogP contribution >= 0.6 is 15.9 Å². The van der Waals surface area contributed by atoms with Gasteiger partial charge in [-0.2, -0.15) is 0 Å². The fourth-order valence-corrected chi connectivity index (χ4v) is 6.22. The van der Waals surface area contributed by atoms with Crippen LogP contribution in [0.2, 0.25) is 0 Å². The van der Waals surface area contributed by atoms with E-state index in [0.717, 1.165) is 60.7 Å². The summed E-state index contributed by atoms with van der Waals surface area (Å²) in [7, 11) is 6.26. The van der Waals surface area contributed by atoms with Crippen molar-refractivity contribution in [3.8, 4) is 0 Å². The molecule has 0 atom stereocenters. The molecular formula is C56H53BrF10O14. The van der Waals surface area contributed by atoms with Gasteiger partial charge in [0.15, 0.2) is 18.9 Å². The van der Waals surface area contributed by atoms with E-state index in [2.05, 4.69) is 46.2 Å². The smallest absolute Gasteiger partial charge is 0.330 e. The van der Waals surface area contributed by atoms with Crippen molar-refractivity contribution in [2.24, 2.45) is 0 Å². The first-order valence-corrected chi connectivity index (χ1v) is 23.8. The first-order valence-electron chi connectivity index (χ1n) is 23.0. The molecule has 5 aromatic carbocycles. The first-order chi connectivity index (χ1) is 38.3. The molecule has 5 aromatic rings. The average molecular weight is 1220 g/mol. The van der Waals surface area contributed by atoms with E-state index >= 15 is 0 Å². The maximum atomic E-state index is 13.4. The number of hydrogen-bond donors (Lipinski definition) is 1. The van der Waals surface area contributed by atoms with Crippen LogP contribution in [0.1, 0.15) is 90.6 Å². The van der Waals surface area contributed by atoms with Gasteiger partial charge in [-0.05, 0) is 115 Å². The molecule has 438 valence electrons. The number of rotatable bonds is 17. The number of aliphatic hydroxyl groups is 1. The molecule has 0 fully saturated rings. The molecule has 0 heterocycles. The molecule has 81 heavy (non-hydrogen) atoms. The summed E-state index contributed by atoms with van der Waals surface area (Å²) >= 11 is 2.88. The van der Waals surface area contributed by atoms with Gasteiger partial charge < -0.3 is 28.8 Å². The number of aldehydes is 3. The number of halogens is 11. The number of hydrogen-bond acceptors (Lipinski definition) is 14. The molecule has 0 bridgehead atoms. The van der Waals surface area contributed by atoms with Gasteiger partial charge in [0.05, 0.1) is 58.8 Å². The Bertz CT molecular complexity index is 2810. The normalized spacial score (nSPS) is 9.90. The Balaban J connectivity index is 0.000000967. The molecule has 0 spiro atoms. The standard InChI is InChI=1S/C12H14F2O2.C11H12F2O3.C11H10F2O3.C11H8F2O3.C7H3BrF2O.C4H6O2/c1-3-9-10(13)6-8(7-11(9)14)4-5-12(15)16-2;3*1-16-11(15)3-2-7-4-9(12)8(6-14)10(13)5-7;8-4-1-6(9)5(3-11)7(10)2-4;1-3-4(5)6-2/h6-7H,3-5H2,1-2H3;4-5,14H,2-3,6H2,1H3;4-6H,2-3H2,1H3;2-6H,1H3;1-3H;3H,1H2,2H3/b;;;3-2+;;. The lowest BCUT2D eigenvalue weighted by molar-refractivity contribution is -0.141. The van der Waals surface area contributed by atoms with Gasteiger partial charge in [0, 0.05) is 47.0 Å². The van der Waals surface area contributed by atoms with E-state index in [1.54, 1.807) is 6.92 Å². The Morgan fingerprint density at radius 3 is 1.02 bits per heavy atom. The Kier molecular flexibility index (Phi) is 35.1. The van der Waals surface area contributed by atoms with E-state index in [4.69, 9.17) is 5.11 Å². The molecule has 0 aromatic heterocycles. The molecule has 0 amide bonds. The third-order valence-corrected chi connectivity index (χ3v) is 10.5. The molecule has 1 N–H and O–H groups in total. The summed E-state index contributed by atoms with van der Waals surface area (Å²) in [6.07, 6.45) is 4.88. The molecule has 25 heteroatoms. The van der Waals surface area contributed by atoms with Gasteiger partial charge in [-0.15, -0.1) is 0 Å². The van der Waals surface area contributed by atoms with Gasteiger partial charge in [0.25, 0.3) is 0 Å². The zero-order chi connectivity index (χ0) is 61.9. The monoisotopic (exact) mass is 1220 g/mol. The quantitative estimate of drug-likeness (QED) is 0.0303. The minimum atomic E-state index is -0.973. The average Bonchev–Trinajstić information content (AvgIpc) is 3.43. The summed E-state index contributed by atoms with van der Waals surface area (Å²) in [5, 5.41) is 8.69. The van der Waals surface area contributed by atoms with Crippen LogP contribution in [0.25, 0.3) is 6.08 Å². The summed E-state index contributed by atoms with van der Waals surface area (Å²) in [5.41, 5.74) is -0.763.